The lowest BCUT2D eigenvalue weighted by Gasteiger charge is -2.25. The fourth-order valence-corrected chi connectivity index (χ4v) is 8.66. The molecule has 2 atom stereocenters. The van der Waals surface area contributed by atoms with Gasteiger partial charge in [0.15, 0.2) is 6.10 Å². The topological polar surface area (TPSA) is 108 Å². The lowest BCUT2D eigenvalue weighted by atomic mass is 10.0. The summed E-state index contributed by atoms with van der Waals surface area (Å²) in [6, 6.07) is 0. The van der Waals surface area contributed by atoms with Gasteiger partial charge in [-0.3, -0.25) is 9.59 Å². The van der Waals surface area contributed by atoms with E-state index < -0.39 is 24.3 Å². The van der Waals surface area contributed by atoms with Gasteiger partial charge >= 0.3 is 17.9 Å². The second kappa shape index (κ2) is 60.1. The Labute approximate surface area is 485 Å². The summed E-state index contributed by atoms with van der Waals surface area (Å²) in [4.78, 5) is 37.5. The lowest BCUT2D eigenvalue weighted by Crippen LogP contribution is -2.40. The Bertz CT molecular complexity index is 1660. The zero-order valence-corrected chi connectivity index (χ0v) is 51.5. The van der Waals surface area contributed by atoms with Crippen molar-refractivity contribution in [3.8, 4) is 0 Å². The van der Waals surface area contributed by atoms with Crippen LogP contribution in [0.15, 0.2) is 109 Å². The number of nitrogens with zero attached hydrogens (tertiary/aromatic N) is 1. The van der Waals surface area contributed by atoms with E-state index in [1.165, 1.54) is 141 Å². The highest BCUT2D eigenvalue weighted by molar-refractivity contribution is 5.71. The third-order valence-electron chi connectivity index (χ3n) is 13.5. The molecule has 9 heteroatoms. The van der Waals surface area contributed by atoms with Gasteiger partial charge in [-0.1, -0.05) is 277 Å². The van der Waals surface area contributed by atoms with Crippen LogP contribution in [0.2, 0.25) is 0 Å². The first kappa shape index (κ1) is 75.0. The fraction of sp³-hybridized carbons (Fsp3) is 0.700. The number of aliphatic carboxylic acids is 1. The van der Waals surface area contributed by atoms with Crippen LogP contribution in [-0.4, -0.2) is 87.4 Å². The molecule has 79 heavy (non-hydrogen) atoms. The first-order valence-electron chi connectivity index (χ1n) is 32.1. The first-order chi connectivity index (χ1) is 38.6. The summed E-state index contributed by atoms with van der Waals surface area (Å²) in [6.07, 6.45) is 80.5. The minimum Gasteiger partial charge on any atom is -0.477 e. The quantitative estimate of drug-likeness (QED) is 0.0211. The highest BCUT2D eigenvalue weighted by atomic mass is 16.7. The number of esters is 2. The fourth-order valence-electron chi connectivity index (χ4n) is 8.66. The Kier molecular flexibility index (Phi) is 57.0. The van der Waals surface area contributed by atoms with Gasteiger partial charge in [0.05, 0.1) is 34.4 Å². The van der Waals surface area contributed by atoms with E-state index in [0.29, 0.717) is 23.9 Å². The molecule has 0 saturated carbocycles. The van der Waals surface area contributed by atoms with Crippen molar-refractivity contribution >= 4 is 17.9 Å². The van der Waals surface area contributed by atoms with Gasteiger partial charge in [-0.2, -0.15) is 0 Å². The number of ether oxygens (including phenoxy) is 4. The average molecular weight is 1100 g/mol. The molecule has 0 spiro atoms. The molecule has 0 amide bonds. The molecule has 0 aliphatic carbocycles. The number of rotatable bonds is 58. The number of allylic oxidation sites excluding steroid dienone is 18. The molecule has 452 valence electrons. The van der Waals surface area contributed by atoms with Crippen LogP contribution in [0, 0.1) is 0 Å². The number of carboxylic acids is 1. The van der Waals surface area contributed by atoms with Crippen LogP contribution in [-0.2, 0) is 33.3 Å². The van der Waals surface area contributed by atoms with Crippen LogP contribution in [0.4, 0.5) is 0 Å². The molecule has 0 bridgehead atoms. The second-order valence-electron chi connectivity index (χ2n) is 22.3. The van der Waals surface area contributed by atoms with Gasteiger partial charge in [0.1, 0.15) is 13.2 Å². The number of carbonyl (C=O) groups excluding carboxylic acids is 2. The standard InChI is InChI=1S/C70H119NO8/c1-6-8-10-12-14-16-18-20-22-24-26-28-30-32-33-34-35-37-39-41-43-45-47-49-51-53-55-57-59-61-68(73)79-66(65-78-70(69(74)75)76-63-62-71(3,4)5)64-77-67(72)60-58-56-54-52-50-48-46-44-42-40-38-36-31-29-27-25-23-21-19-17-15-13-11-9-7-2/h8,10,14,16,20,22,26,28,32-33,35,37,41,43,47,49,53,55,66,70H,6-7,9,11-13,15,17-19,21,23-25,27,29-31,34,36,38-40,42,44-46,48,50-52,54,56-65H2,1-5H3/p+1/b10-8-,16-14-,22-20-,28-26-,33-32-,37-35-,43-41-,49-47-,55-53-. The van der Waals surface area contributed by atoms with E-state index in [9.17, 15) is 19.5 Å². The molecule has 0 radical (unpaired) electrons. The molecule has 0 aliphatic rings. The number of carbonyl (C=O) groups is 3. The van der Waals surface area contributed by atoms with Gasteiger partial charge in [-0.05, 0) is 77.0 Å². The van der Waals surface area contributed by atoms with E-state index in [1.807, 2.05) is 21.1 Å². The van der Waals surface area contributed by atoms with Crippen molar-refractivity contribution in [2.75, 3.05) is 47.5 Å². The zero-order chi connectivity index (χ0) is 57.6. The predicted molar refractivity (Wildman–Crippen MR) is 336 cm³/mol. The summed E-state index contributed by atoms with van der Waals surface area (Å²) >= 11 is 0. The molecule has 0 heterocycles. The van der Waals surface area contributed by atoms with Crippen LogP contribution in [0.5, 0.6) is 0 Å². The maximum Gasteiger partial charge on any atom is 0.361 e. The van der Waals surface area contributed by atoms with E-state index in [0.717, 1.165) is 77.0 Å². The summed E-state index contributed by atoms with van der Waals surface area (Å²) in [5.74, 6) is -2.09. The van der Waals surface area contributed by atoms with E-state index in [1.54, 1.807) is 0 Å². The second-order valence-corrected chi connectivity index (χ2v) is 22.3. The molecule has 0 rings (SSSR count). The Balaban J connectivity index is 4.31. The van der Waals surface area contributed by atoms with Crippen LogP contribution in [0.3, 0.4) is 0 Å². The Morgan fingerprint density at radius 1 is 0.392 bits per heavy atom. The number of hydrogen-bond donors (Lipinski definition) is 1. The van der Waals surface area contributed by atoms with Crippen molar-refractivity contribution < 1.29 is 42.9 Å². The monoisotopic (exact) mass is 1100 g/mol. The van der Waals surface area contributed by atoms with E-state index in [4.69, 9.17) is 18.9 Å². The lowest BCUT2D eigenvalue weighted by molar-refractivity contribution is -0.870. The molecule has 0 fully saturated rings. The normalized spacial score (nSPS) is 13.5. The first-order valence-corrected chi connectivity index (χ1v) is 32.1. The number of carboxylic acid groups (broad SMARTS) is 1. The minimum atomic E-state index is -1.53. The molecule has 0 aromatic rings. The number of hydrogen-bond acceptors (Lipinski definition) is 7. The van der Waals surface area contributed by atoms with Crippen molar-refractivity contribution in [2.45, 2.75) is 270 Å². The molecule has 0 aliphatic heterocycles. The van der Waals surface area contributed by atoms with Crippen LogP contribution >= 0.6 is 0 Å². The Morgan fingerprint density at radius 2 is 0.722 bits per heavy atom. The number of quaternary nitrogens is 1. The van der Waals surface area contributed by atoms with E-state index in [2.05, 4.69) is 123 Å². The molecular formula is C70H120NO8+. The summed E-state index contributed by atoms with van der Waals surface area (Å²) in [7, 11) is 5.95. The van der Waals surface area contributed by atoms with Crippen LogP contribution < -0.4 is 0 Å². The third-order valence-corrected chi connectivity index (χ3v) is 13.5. The maximum absolute atomic E-state index is 12.9. The Morgan fingerprint density at radius 3 is 1.06 bits per heavy atom. The van der Waals surface area contributed by atoms with Gasteiger partial charge < -0.3 is 28.5 Å². The van der Waals surface area contributed by atoms with Crippen molar-refractivity contribution in [1.82, 2.24) is 0 Å². The van der Waals surface area contributed by atoms with Gasteiger partial charge in [0.2, 0.25) is 0 Å². The minimum absolute atomic E-state index is 0.172. The smallest absolute Gasteiger partial charge is 0.361 e. The summed E-state index contributed by atoms with van der Waals surface area (Å²) in [5.41, 5.74) is 0. The third kappa shape index (κ3) is 61.4. The highest BCUT2D eigenvalue weighted by Crippen LogP contribution is 2.17. The molecule has 2 unspecified atom stereocenters. The van der Waals surface area contributed by atoms with Gasteiger partial charge in [-0.25, -0.2) is 4.79 Å². The van der Waals surface area contributed by atoms with Gasteiger partial charge in [0.25, 0.3) is 6.29 Å². The molecule has 1 N–H and O–H groups in total. The van der Waals surface area contributed by atoms with Gasteiger partial charge in [-0.15, -0.1) is 0 Å². The van der Waals surface area contributed by atoms with E-state index in [-0.39, 0.29) is 38.6 Å². The summed E-state index contributed by atoms with van der Waals surface area (Å²) < 4.78 is 22.9. The highest BCUT2D eigenvalue weighted by Gasteiger charge is 2.25. The van der Waals surface area contributed by atoms with Crippen molar-refractivity contribution in [3.05, 3.63) is 109 Å². The average Bonchev–Trinajstić information content (AvgIpc) is 3.42. The Hall–Kier alpha value is -4.05. The SMILES string of the molecule is CC/C=C\C/C=C\C/C=C\C/C=C\C/C=C\C/C=C\C/C=C\C/C=C\C/C=C\CCCC(=O)OC(COC(=O)CCCCCCCCCCCCCCCCCCCCCCCCCCC)COC(OCC[N+](C)(C)C)C(=O)O. The predicted octanol–water partition coefficient (Wildman–Crippen LogP) is 19.5. The molecular weight excluding hydrogens is 983 g/mol. The van der Waals surface area contributed by atoms with Gasteiger partial charge in [0, 0.05) is 12.8 Å². The molecule has 9 nitrogen and oxygen atoms in total. The van der Waals surface area contributed by atoms with Crippen LogP contribution in [0.1, 0.15) is 258 Å². The number of unbranched alkanes of at least 4 members (excludes halogenated alkanes) is 25. The largest absolute Gasteiger partial charge is 0.477 e. The van der Waals surface area contributed by atoms with Crippen molar-refractivity contribution in [3.63, 3.8) is 0 Å². The summed E-state index contributed by atoms with van der Waals surface area (Å²) in [5, 5.41) is 9.72. The molecule has 0 aromatic heterocycles. The number of likely N-dealkylation sites (N-methyl/N-ethyl adjacent to an activating group) is 1. The summed E-state index contributed by atoms with van der Waals surface area (Å²) in [6.45, 7) is 4.71. The molecule has 0 aromatic carbocycles. The van der Waals surface area contributed by atoms with E-state index >= 15 is 0 Å². The zero-order valence-electron chi connectivity index (χ0n) is 51.5. The maximum atomic E-state index is 12.9. The molecule has 0 saturated heterocycles. The van der Waals surface area contributed by atoms with Crippen molar-refractivity contribution in [2.24, 2.45) is 0 Å². The van der Waals surface area contributed by atoms with Crippen LogP contribution in [0.25, 0.3) is 0 Å². The van der Waals surface area contributed by atoms with Crippen molar-refractivity contribution in [1.29, 1.82) is 0 Å².